The Morgan fingerprint density at radius 2 is 1.60 bits per heavy atom. The lowest BCUT2D eigenvalue weighted by molar-refractivity contribution is 0.0952. The molecule has 5 heteroatoms. The highest BCUT2D eigenvalue weighted by Gasteiger charge is 2.47. The van der Waals surface area contributed by atoms with Crippen molar-refractivity contribution in [1.82, 2.24) is 4.98 Å². The number of hydrogen-bond donors (Lipinski definition) is 1. The maximum atomic E-state index is 13.5. The van der Waals surface area contributed by atoms with Crippen molar-refractivity contribution in [3.8, 4) is 22.6 Å². The van der Waals surface area contributed by atoms with Gasteiger partial charge in [-0.15, -0.1) is 0 Å². The summed E-state index contributed by atoms with van der Waals surface area (Å²) in [7, 11) is 3.17. The fourth-order valence-electron chi connectivity index (χ4n) is 4.03. The van der Waals surface area contributed by atoms with E-state index in [2.05, 4.69) is 4.98 Å². The fourth-order valence-corrected chi connectivity index (χ4v) is 4.03. The summed E-state index contributed by atoms with van der Waals surface area (Å²) in [5.41, 5.74) is 4.18. The zero-order chi connectivity index (χ0) is 20.7. The van der Waals surface area contributed by atoms with Crippen LogP contribution in [0.25, 0.3) is 22.0 Å². The lowest BCUT2D eigenvalue weighted by Gasteiger charge is -2.13. The second-order valence-electron chi connectivity index (χ2n) is 7.23. The number of fused-ring (bicyclic) bond motifs is 1. The first-order valence-electron chi connectivity index (χ1n) is 9.79. The molecule has 0 amide bonds. The Hall–Kier alpha value is -3.57. The number of epoxide rings is 1. The smallest absolute Gasteiger partial charge is 0.200 e. The van der Waals surface area contributed by atoms with Crippen LogP contribution in [0, 0.1) is 0 Å². The van der Waals surface area contributed by atoms with Crippen molar-refractivity contribution in [2.24, 2.45) is 0 Å². The summed E-state index contributed by atoms with van der Waals surface area (Å²) in [5.74, 6) is 1.01. The average Bonchev–Trinajstić information content (AvgIpc) is 3.50. The van der Waals surface area contributed by atoms with Crippen LogP contribution >= 0.6 is 0 Å². The highest BCUT2D eigenvalue weighted by atomic mass is 16.6. The summed E-state index contributed by atoms with van der Waals surface area (Å²) >= 11 is 0. The van der Waals surface area contributed by atoms with Crippen LogP contribution in [-0.2, 0) is 4.74 Å². The van der Waals surface area contributed by atoms with Gasteiger partial charge in [-0.1, -0.05) is 60.7 Å². The number of methoxy groups -OCH3 is 2. The van der Waals surface area contributed by atoms with Crippen molar-refractivity contribution in [3.05, 3.63) is 84.1 Å². The van der Waals surface area contributed by atoms with Gasteiger partial charge in [0.2, 0.25) is 0 Å². The van der Waals surface area contributed by atoms with Crippen LogP contribution < -0.4 is 9.47 Å². The number of rotatable bonds is 6. The summed E-state index contributed by atoms with van der Waals surface area (Å²) < 4.78 is 17.0. The van der Waals surface area contributed by atoms with Gasteiger partial charge in [-0.05, 0) is 11.1 Å². The molecule has 30 heavy (non-hydrogen) atoms. The van der Waals surface area contributed by atoms with E-state index in [4.69, 9.17) is 14.2 Å². The number of Topliss-reactive ketones (excluding diaryl/α,β-unsaturated/α-hetero) is 1. The van der Waals surface area contributed by atoms with Gasteiger partial charge < -0.3 is 19.2 Å². The molecule has 5 nitrogen and oxygen atoms in total. The van der Waals surface area contributed by atoms with Gasteiger partial charge in [-0.2, -0.15) is 0 Å². The first kappa shape index (κ1) is 18.5. The van der Waals surface area contributed by atoms with Gasteiger partial charge in [0.05, 0.1) is 30.7 Å². The third-order valence-corrected chi connectivity index (χ3v) is 5.53. The monoisotopic (exact) mass is 399 g/mol. The van der Waals surface area contributed by atoms with E-state index in [1.54, 1.807) is 20.3 Å². The van der Waals surface area contributed by atoms with E-state index in [9.17, 15) is 4.79 Å². The number of aromatic amines is 1. The number of benzene rings is 3. The molecule has 3 aromatic carbocycles. The molecule has 0 spiro atoms. The molecule has 150 valence electrons. The molecule has 0 aliphatic carbocycles. The molecule has 1 aromatic heterocycles. The maximum Gasteiger partial charge on any atom is 0.200 e. The Morgan fingerprint density at radius 3 is 2.27 bits per heavy atom. The number of H-pyrrole nitrogens is 1. The van der Waals surface area contributed by atoms with Crippen LogP contribution in [0.1, 0.15) is 22.0 Å². The number of aromatic nitrogens is 1. The van der Waals surface area contributed by atoms with E-state index in [1.165, 1.54) is 0 Å². The molecular weight excluding hydrogens is 378 g/mol. The van der Waals surface area contributed by atoms with Crippen LogP contribution in [0.15, 0.2) is 72.9 Å². The van der Waals surface area contributed by atoms with Gasteiger partial charge in [0.1, 0.15) is 17.6 Å². The second-order valence-corrected chi connectivity index (χ2v) is 7.23. The molecule has 0 bridgehead atoms. The van der Waals surface area contributed by atoms with E-state index >= 15 is 0 Å². The quantitative estimate of drug-likeness (QED) is 0.359. The first-order valence-corrected chi connectivity index (χ1v) is 9.79. The van der Waals surface area contributed by atoms with Crippen LogP contribution in [0.2, 0.25) is 0 Å². The first-order chi connectivity index (χ1) is 14.7. The van der Waals surface area contributed by atoms with Gasteiger partial charge >= 0.3 is 0 Å². The minimum atomic E-state index is -0.527. The predicted octanol–water partition coefficient (Wildman–Crippen LogP) is 5.17. The van der Waals surface area contributed by atoms with Crippen LogP contribution in [-0.4, -0.2) is 31.1 Å². The zero-order valence-corrected chi connectivity index (χ0v) is 16.7. The summed E-state index contributed by atoms with van der Waals surface area (Å²) in [4.78, 5) is 16.8. The number of ketones is 1. The summed E-state index contributed by atoms with van der Waals surface area (Å²) in [6.07, 6.45) is 1.15. The molecule has 1 aliphatic heterocycles. The van der Waals surface area contributed by atoms with Gasteiger partial charge in [-0.25, -0.2) is 0 Å². The number of ether oxygens (including phenoxy) is 3. The van der Waals surface area contributed by atoms with Crippen molar-refractivity contribution >= 4 is 16.7 Å². The van der Waals surface area contributed by atoms with Crippen molar-refractivity contribution in [2.45, 2.75) is 12.2 Å². The molecule has 1 aliphatic rings. The Labute approximate surface area is 174 Å². The van der Waals surface area contributed by atoms with Crippen molar-refractivity contribution in [3.63, 3.8) is 0 Å². The van der Waals surface area contributed by atoms with Gasteiger partial charge in [0.15, 0.2) is 11.9 Å². The van der Waals surface area contributed by atoms with Gasteiger partial charge in [0.25, 0.3) is 0 Å². The highest BCUT2D eigenvalue weighted by molar-refractivity contribution is 6.16. The lowest BCUT2D eigenvalue weighted by atomic mass is 9.97. The van der Waals surface area contributed by atoms with Gasteiger partial charge in [0, 0.05) is 17.8 Å². The Morgan fingerprint density at radius 1 is 0.933 bits per heavy atom. The van der Waals surface area contributed by atoms with Crippen molar-refractivity contribution in [1.29, 1.82) is 0 Å². The SMILES string of the molecule is COc1cc(OC)c2c(-c3ccccc3)c[nH]c2c1C(=O)[C@H]1O[C@H]1c1ccccc1. The Kier molecular flexibility index (Phi) is 4.52. The average molecular weight is 399 g/mol. The predicted molar refractivity (Wildman–Crippen MR) is 115 cm³/mol. The zero-order valence-electron chi connectivity index (χ0n) is 16.7. The van der Waals surface area contributed by atoms with E-state index in [0.29, 0.717) is 22.6 Å². The minimum absolute atomic E-state index is 0.102. The normalized spacial score (nSPS) is 17.7. The van der Waals surface area contributed by atoms with E-state index in [0.717, 1.165) is 22.1 Å². The molecule has 0 radical (unpaired) electrons. The van der Waals surface area contributed by atoms with Crippen molar-refractivity contribution < 1.29 is 19.0 Å². The van der Waals surface area contributed by atoms with E-state index in [-0.39, 0.29) is 11.9 Å². The van der Waals surface area contributed by atoms with Crippen LogP contribution in [0.5, 0.6) is 11.5 Å². The molecular formula is C25H21NO4. The molecule has 1 saturated heterocycles. The maximum absolute atomic E-state index is 13.5. The fraction of sp³-hybridized carbons (Fsp3) is 0.160. The summed E-state index contributed by atoms with van der Waals surface area (Å²) in [5, 5.41) is 0.852. The second kappa shape index (κ2) is 7.35. The molecule has 1 fully saturated rings. The largest absolute Gasteiger partial charge is 0.496 e. The lowest BCUT2D eigenvalue weighted by Crippen LogP contribution is -2.11. The Bertz CT molecular complexity index is 1210. The summed E-state index contributed by atoms with van der Waals surface area (Å²) in [6, 6.07) is 21.6. The number of nitrogens with one attached hydrogen (secondary N) is 1. The molecule has 0 saturated carbocycles. The summed E-state index contributed by atoms with van der Waals surface area (Å²) in [6.45, 7) is 0. The highest BCUT2D eigenvalue weighted by Crippen LogP contribution is 2.46. The standard InChI is InChI=1S/C25H21NO4/c1-28-18-13-19(29-2)21(23(27)25-24(30-25)16-11-7-4-8-12-16)22-20(18)17(14-26-22)15-9-5-3-6-10-15/h3-14,24-26H,1-2H3/t24-,25+/m0/s1. The van der Waals surface area contributed by atoms with E-state index in [1.807, 2.05) is 66.9 Å². The molecule has 0 unspecified atom stereocenters. The van der Waals surface area contributed by atoms with Crippen molar-refractivity contribution in [2.75, 3.05) is 14.2 Å². The molecule has 4 aromatic rings. The number of carbonyl (C=O) groups excluding carboxylic acids is 1. The molecule has 1 N–H and O–H groups in total. The molecule has 2 atom stereocenters. The number of hydrogen-bond acceptors (Lipinski definition) is 4. The molecule has 5 rings (SSSR count). The molecule has 2 heterocycles. The minimum Gasteiger partial charge on any atom is -0.496 e. The topological polar surface area (TPSA) is 63.9 Å². The number of carbonyl (C=O) groups is 1. The van der Waals surface area contributed by atoms with Crippen LogP contribution in [0.4, 0.5) is 0 Å². The Balaban J connectivity index is 1.63. The van der Waals surface area contributed by atoms with Crippen LogP contribution in [0.3, 0.4) is 0 Å². The third-order valence-electron chi connectivity index (χ3n) is 5.53. The third kappa shape index (κ3) is 2.95. The van der Waals surface area contributed by atoms with E-state index < -0.39 is 6.10 Å². The van der Waals surface area contributed by atoms with Gasteiger partial charge in [-0.3, -0.25) is 4.79 Å².